The molecule has 2 bridgehead atoms. The first-order chi connectivity index (χ1) is 8.83. The molecular formula is C14H25ClN2O2. The summed E-state index contributed by atoms with van der Waals surface area (Å²) in [5.41, 5.74) is 0. The smallest absolute Gasteiger partial charge is 0.250 e. The van der Waals surface area contributed by atoms with Crippen molar-refractivity contribution in [3.8, 4) is 0 Å². The van der Waals surface area contributed by atoms with E-state index in [9.17, 15) is 4.79 Å². The fourth-order valence-corrected chi connectivity index (χ4v) is 3.96. The molecule has 4 atom stereocenters. The van der Waals surface area contributed by atoms with Crippen molar-refractivity contribution in [3.63, 3.8) is 0 Å². The van der Waals surface area contributed by atoms with E-state index in [1.807, 2.05) is 0 Å². The number of carbonyl (C=O) groups excluding carboxylic acids is 1. The third kappa shape index (κ3) is 3.61. The Hall–Kier alpha value is -0.320. The average Bonchev–Trinajstić information content (AvgIpc) is 3.02. The van der Waals surface area contributed by atoms with E-state index in [0.717, 1.165) is 37.3 Å². The number of carbonyl (C=O) groups is 1. The lowest BCUT2D eigenvalue weighted by Gasteiger charge is -2.24. The standard InChI is InChI=1S/C14H24N2O2.ClH/c17-14(13-9-15-5-6-18-13)16-4-3-12-8-10-1-2-11(12)7-10;/h10-13,15H,1-9H2,(H,16,17);1H. The van der Waals surface area contributed by atoms with E-state index in [2.05, 4.69) is 10.6 Å². The van der Waals surface area contributed by atoms with E-state index in [1.165, 1.54) is 25.7 Å². The van der Waals surface area contributed by atoms with Crippen molar-refractivity contribution in [2.75, 3.05) is 26.2 Å². The van der Waals surface area contributed by atoms with Crippen LogP contribution in [0.4, 0.5) is 0 Å². The van der Waals surface area contributed by atoms with Gasteiger partial charge in [0.2, 0.25) is 5.91 Å². The van der Waals surface area contributed by atoms with E-state index in [0.29, 0.717) is 13.2 Å². The molecule has 3 aliphatic rings. The second kappa shape index (κ2) is 6.91. The fourth-order valence-electron chi connectivity index (χ4n) is 3.96. The summed E-state index contributed by atoms with van der Waals surface area (Å²) in [5.74, 6) is 2.89. The quantitative estimate of drug-likeness (QED) is 0.821. The van der Waals surface area contributed by atoms with Gasteiger partial charge >= 0.3 is 0 Å². The highest BCUT2D eigenvalue weighted by molar-refractivity contribution is 5.85. The Balaban J connectivity index is 0.00000133. The second-order valence-corrected chi connectivity index (χ2v) is 6.08. The van der Waals surface area contributed by atoms with Crippen LogP contribution in [-0.2, 0) is 9.53 Å². The van der Waals surface area contributed by atoms with Gasteiger partial charge in [-0.3, -0.25) is 4.79 Å². The molecule has 0 spiro atoms. The number of nitrogens with one attached hydrogen (secondary N) is 2. The minimum absolute atomic E-state index is 0. The molecule has 1 saturated heterocycles. The molecule has 1 amide bonds. The van der Waals surface area contributed by atoms with Crippen molar-refractivity contribution in [3.05, 3.63) is 0 Å². The molecule has 5 heteroatoms. The summed E-state index contributed by atoms with van der Waals surface area (Å²) in [4.78, 5) is 11.9. The molecule has 3 fully saturated rings. The maximum absolute atomic E-state index is 11.9. The van der Waals surface area contributed by atoms with Gasteiger partial charge in [-0.25, -0.2) is 0 Å². The Morgan fingerprint density at radius 3 is 2.84 bits per heavy atom. The Labute approximate surface area is 121 Å². The van der Waals surface area contributed by atoms with Gasteiger partial charge < -0.3 is 15.4 Å². The number of morpholine rings is 1. The summed E-state index contributed by atoms with van der Waals surface area (Å²) in [7, 11) is 0. The van der Waals surface area contributed by atoms with Crippen LogP contribution in [0.15, 0.2) is 0 Å². The number of halogens is 1. The third-order valence-electron chi connectivity index (χ3n) is 4.92. The van der Waals surface area contributed by atoms with E-state index in [1.54, 1.807) is 0 Å². The van der Waals surface area contributed by atoms with Crippen molar-refractivity contribution < 1.29 is 9.53 Å². The topological polar surface area (TPSA) is 50.4 Å². The number of hydrogen-bond acceptors (Lipinski definition) is 3. The molecule has 4 nitrogen and oxygen atoms in total. The van der Waals surface area contributed by atoms with E-state index < -0.39 is 0 Å². The Kier molecular flexibility index (Phi) is 5.48. The first kappa shape index (κ1) is 15.1. The summed E-state index contributed by atoms with van der Waals surface area (Å²) >= 11 is 0. The molecule has 0 aromatic rings. The Bertz CT molecular complexity index is 308. The Morgan fingerprint density at radius 2 is 2.21 bits per heavy atom. The van der Waals surface area contributed by atoms with Crippen molar-refractivity contribution in [1.82, 2.24) is 10.6 Å². The predicted molar refractivity (Wildman–Crippen MR) is 76.4 cm³/mol. The van der Waals surface area contributed by atoms with Crippen molar-refractivity contribution in [1.29, 1.82) is 0 Å². The number of rotatable bonds is 4. The zero-order chi connectivity index (χ0) is 12.4. The molecule has 110 valence electrons. The highest BCUT2D eigenvalue weighted by Crippen LogP contribution is 2.49. The summed E-state index contributed by atoms with van der Waals surface area (Å²) in [6.07, 6.45) is 6.62. The van der Waals surface area contributed by atoms with Gasteiger partial charge in [0.15, 0.2) is 0 Å². The number of ether oxygens (including phenoxy) is 1. The maximum atomic E-state index is 11.9. The number of amides is 1. The highest BCUT2D eigenvalue weighted by atomic mass is 35.5. The van der Waals surface area contributed by atoms with E-state index >= 15 is 0 Å². The van der Waals surface area contributed by atoms with E-state index in [-0.39, 0.29) is 24.4 Å². The van der Waals surface area contributed by atoms with Crippen LogP contribution in [0.25, 0.3) is 0 Å². The van der Waals surface area contributed by atoms with Gasteiger partial charge in [-0.05, 0) is 43.4 Å². The molecule has 2 aliphatic carbocycles. The van der Waals surface area contributed by atoms with Gasteiger partial charge in [0, 0.05) is 19.6 Å². The van der Waals surface area contributed by atoms with Crippen LogP contribution in [-0.4, -0.2) is 38.3 Å². The third-order valence-corrected chi connectivity index (χ3v) is 4.92. The minimum Gasteiger partial charge on any atom is -0.366 e. The molecule has 1 aliphatic heterocycles. The van der Waals surface area contributed by atoms with Crippen LogP contribution in [0.3, 0.4) is 0 Å². The first-order valence-corrected chi connectivity index (χ1v) is 7.43. The zero-order valence-corrected chi connectivity index (χ0v) is 12.2. The van der Waals surface area contributed by atoms with Gasteiger partial charge in [0.25, 0.3) is 0 Å². The monoisotopic (exact) mass is 288 g/mol. The van der Waals surface area contributed by atoms with Crippen LogP contribution < -0.4 is 10.6 Å². The summed E-state index contributed by atoms with van der Waals surface area (Å²) in [6, 6.07) is 0. The summed E-state index contributed by atoms with van der Waals surface area (Å²) in [5, 5.41) is 6.22. The van der Waals surface area contributed by atoms with Crippen molar-refractivity contribution >= 4 is 18.3 Å². The van der Waals surface area contributed by atoms with Crippen LogP contribution in [0, 0.1) is 17.8 Å². The van der Waals surface area contributed by atoms with Crippen LogP contribution in [0.5, 0.6) is 0 Å². The molecule has 2 N–H and O–H groups in total. The van der Waals surface area contributed by atoms with Crippen molar-refractivity contribution in [2.24, 2.45) is 17.8 Å². The minimum atomic E-state index is -0.279. The largest absolute Gasteiger partial charge is 0.366 e. The summed E-state index contributed by atoms with van der Waals surface area (Å²) in [6.45, 7) is 2.98. The summed E-state index contributed by atoms with van der Waals surface area (Å²) < 4.78 is 5.44. The molecule has 0 aromatic heterocycles. The molecule has 2 saturated carbocycles. The number of fused-ring (bicyclic) bond motifs is 2. The zero-order valence-electron chi connectivity index (χ0n) is 11.4. The lowest BCUT2D eigenvalue weighted by Crippen LogP contribution is -2.48. The number of hydrogen-bond donors (Lipinski definition) is 2. The molecule has 19 heavy (non-hydrogen) atoms. The molecule has 1 heterocycles. The van der Waals surface area contributed by atoms with Gasteiger partial charge in [0.05, 0.1) is 6.61 Å². The maximum Gasteiger partial charge on any atom is 0.250 e. The second-order valence-electron chi connectivity index (χ2n) is 6.08. The first-order valence-electron chi connectivity index (χ1n) is 7.43. The Morgan fingerprint density at radius 1 is 1.32 bits per heavy atom. The van der Waals surface area contributed by atoms with E-state index in [4.69, 9.17) is 4.74 Å². The molecule has 0 aromatic carbocycles. The van der Waals surface area contributed by atoms with Gasteiger partial charge in [0.1, 0.15) is 6.10 Å². The van der Waals surface area contributed by atoms with Crippen LogP contribution in [0.1, 0.15) is 32.1 Å². The predicted octanol–water partition coefficient (Wildman–Crippen LogP) is 1.34. The van der Waals surface area contributed by atoms with Crippen LogP contribution >= 0.6 is 12.4 Å². The van der Waals surface area contributed by atoms with Gasteiger partial charge in [-0.2, -0.15) is 0 Å². The molecular weight excluding hydrogens is 264 g/mol. The van der Waals surface area contributed by atoms with Crippen molar-refractivity contribution in [2.45, 2.75) is 38.2 Å². The lowest BCUT2D eigenvalue weighted by molar-refractivity contribution is -0.134. The van der Waals surface area contributed by atoms with Crippen LogP contribution in [0.2, 0.25) is 0 Å². The molecule has 4 unspecified atom stereocenters. The molecule has 3 rings (SSSR count). The highest BCUT2D eigenvalue weighted by Gasteiger charge is 2.38. The normalized spacial score (nSPS) is 36.8. The van der Waals surface area contributed by atoms with Gasteiger partial charge in [-0.1, -0.05) is 6.42 Å². The molecule has 0 radical (unpaired) electrons. The lowest BCUT2D eigenvalue weighted by atomic mass is 9.86. The fraction of sp³-hybridized carbons (Fsp3) is 0.929. The average molecular weight is 289 g/mol. The van der Waals surface area contributed by atoms with Gasteiger partial charge in [-0.15, -0.1) is 12.4 Å². The SMILES string of the molecule is Cl.O=C(NCCC1CC2CCC1C2)C1CNCCO1.